The van der Waals surface area contributed by atoms with E-state index in [4.69, 9.17) is 21.1 Å². The number of halogens is 1. The lowest BCUT2D eigenvalue weighted by molar-refractivity contribution is -0.134. The fourth-order valence-electron chi connectivity index (χ4n) is 5.13. The van der Waals surface area contributed by atoms with Gasteiger partial charge >= 0.3 is 0 Å². The van der Waals surface area contributed by atoms with Gasteiger partial charge in [0, 0.05) is 35.5 Å². The molecule has 2 amide bonds. The smallest absolute Gasteiger partial charge is 0.262 e. The van der Waals surface area contributed by atoms with Gasteiger partial charge in [-0.1, -0.05) is 48.0 Å². The predicted molar refractivity (Wildman–Crippen MR) is 169 cm³/mol. The van der Waals surface area contributed by atoms with Crippen LogP contribution in [0.4, 0.5) is 5.69 Å². The van der Waals surface area contributed by atoms with Gasteiger partial charge in [0.25, 0.3) is 5.91 Å². The van der Waals surface area contributed by atoms with Gasteiger partial charge in [-0.2, -0.15) is 5.10 Å². The van der Waals surface area contributed by atoms with E-state index in [1.165, 1.54) is 5.01 Å². The third-order valence-electron chi connectivity index (χ3n) is 7.26. The number of likely N-dealkylation sites (N-methyl/N-ethyl adjacent to an activating group) is 1. The zero-order chi connectivity index (χ0) is 29.7. The second kappa shape index (κ2) is 13.3. The Bertz CT molecular complexity index is 1310. The molecule has 222 valence electrons. The Balaban J connectivity index is 1.76. The van der Waals surface area contributed by atoms with Crippen molar-refractivity contribution in [3.8, 4) is 5.75 Å². The molecule has 2 aliphatic rings. The van der Waals surface area contributed by atoms with Crippen LogP contribution < -0.4 is 9.64 Å². The van der Waals surface area contributed by atoms with Crippen molar-refractivity contribution in [1.82, 2.24) is 9.91 Å². The topological polar surface area (TPSA) is 74.7 Å². The van der Waals surface area contributed by atoms with Crippen LogP contribution in [0.1, 0.15) is 30.0 Å². The fraction of sp³-hybridized carbons (Fsp3) is 0.452. The van der Waals surface area contributed by atoms with Gasteiger partial charge in [0.1, 0.15) is 31.5 Å². The average molecular weight is 601 g/mol. The molecular weight excluding hydrogens is 560 g/mol. The van der Waals surface area contributed by atoms with Crippen LogP contribution in [0.15, 0.2) is 60.2 Å². The minimum Gasteiger partial charge on any atom is -0.489 e. The van der Waals surface area contributed by atoms with Crippen LogP contribution in [0, 0.1) is 12.8 Å². The number of hydrazone groups is 1. The summed E-state index contributed by atoms with van der Waals surface area (Å²) in [6.45, 7) is 6.90. The van der Waals surface area contributed by atoms with Crippen LogP contribution in [-0.2, 0) is 14.3 Å². The standard InChI is InChI=1S/C31H41ClN4O4S/c1-7-15-40-27-13-11-22(2)18-26(27)30-25(12-14-28-33-34(3)29(37)20-35(28)30)31(38)36(21-39-16-17-41(4,5)6)24-10-8-9-23(32)19-24/h7-11,13,18-19,25,30H,1,12,14-17,20-21H2,2-6H3/t25?,30-/m0/s1. The van der Waals surface area contributed by atoms with E-state index in [1.807, 2.05) is 42.2 Å². The molecule has 0 aromatic heterocycles. The SMILES string of the molecule is C=CCOc1ccc(C)cc1[C@@H]1C(C(=O)N(COCCS(C)(C)C)c2cccc(Cl)c2)CCC2=NN(C)C(=O)CN21. The molecule has 0 radical (unpaired) electrons. The number of carbonyl (C=O) groups is 2. The summed E-state index contributed by atoms with van der Waals surface area (Å²) in [5, 5.41) is 6.50. The molecule has 41 heavy (non-hydrogen) atoms. The van der Waals surface area contributed by atoms with Gasteiger partial charge < -0.3 is 14.4 Å². The maximum absolute atomic E-state index is 14.6. The lowest BCUT2D eigenvalue weighted by Gasteiger charge is -2.46. The lowest BCUT2D eigenvalue weighted by Crippen LogP contribution is -2.54. The summed E-state index contributed by atoms with van der Waals surface area (Å²) < 4.78 is 12.2. The van der Waals surface area contributed by atoms with Crippen molar-refractivity contribution in [3.63, 3.8) is 0 Å². The Morgan fingerprint density at radius 1 is 1.24 bits per heavy atom. The van der Waals surface area contributed by atoms with E-state index in [9.17, 15) is 9.59 Å². The monoisotopic (exact) mass is 600 g/mol. The number of nitrogens with zero attached hydrogens (tertiary/aromatic N) is 4. The van der Waals surface area contributed by atoms with E-state index < -0.39 is 22.0 Å². The number of benzene rings is 2. The minimum atomic E-state index is -0.745. The van der Waals surface area contributed by atoms with E-state index in [-0.39, 0.29) is 25.1 Å². The second-order valence-corrected chi connectivity index (χ2v) is 16.4. The molecule has 0 saturated carbocycles. The zero-order valence-electron chi connectivity index (χ0n) is 24.6. The molecule has 2 aromatic rings. The summed E-state index contributed by atoms with van der Waals surface area (Å²) in [4.78, 5) is 31.1. The normalized spacial score (nSPS) is 19.4. The number of hydrogen-bond acceptors (Lipinski definition) is 6. The summed E-state index contributed by atoms with van der Waals surface area (Å²) in [6.07, 6.45) is 9.54. The molecule has 4 rings (SSSR count). The van der Waals surface area contributed by atoms with Crippen molar-refractivity contribution in [2.45, 2.75) is 25.8 Å². The molecule has 0 aliphatic carbocycles. The van der Waals surface area contributed by atoms with Crippen molar-refractivity contribution >= 4 is 45.0 Å². The summed E-state index contributed by atoms with van der Waals surface area (Å²) in [5.74, 6) is 1.66. The largest absolute Gasteiger partial charge is 0.489 e. The number of amides is 2. The molecule has 2 atom stereocenters. The molecule has 0 spiro atoms. The number of fused-ring (bicyclic) bond motifs is 1. The van der Waals surface area contributed by atoms with Gasteiger partial charge in [-0.05, 0) is 56.4 Å². The van der Waals surface area contributed by atoms with Gasteiger partial charge in [-0.25, -0.2) is 15.0 Å². The summed E-state index contributed by atoms with van der Waals surface area (Å²) in [6, 6.07) is 12.8. The van der Waals surface area contributed by atoms with E-state index >= 15 is 0 Å². The minimum absolute atomic E-state index is 0.0954. The summed E-state index contributed by atoms with van der Waals surface area (Å²) in [5.41, 5.74) is 2.55. The van der Waals surface area contributed by atoms with Gasteiger partial charge in [-0.15, -0.1) is 0 Å². The molecule has 2 aromatic carbocycles. The van der Waals surface area contributed by atoms with Crippen LogP contribution in [0.3, 0.4) is 0 Å². The number of rotatable bonds is 11. The van der Waals surface area contributed by atoms with E-state index in [2.05, 4.69) is 30.4 Å². The Morgan fingerprint density at radius 3 is 2.73 bits per heavy atom. The molecule has 0 N–H and O–H groups in total. The van der Waals surface area contributed by atoms with Crippen LogP contribution in [0.5, 0.6) is 5.75 Å². The highest BCUT2D eigenvalue weighted by Crippen LogP contribution is 2.43. The maximum Gasteiger partial charge on any atom is 0.262 e. The van der Waals surface area contributed by atoms with Gasteiger partial charge in [0.05, 0.1) is 18.6 Å². The number of amidine groups is 1. The highest BCUT2D eigenvalue weighted by Gasteiger charge is 2.45. The number of ether oxygens (including phenoxy) is 2. The molecule has 0 bridgehead atoms. The number of aryl methyl sites for hydroxylation is 1. The molecule has 1 unspecified atom stereocenters. The fourth-order valence-corrected chi connectivity index (χ4v) is 5.94. The van der Waals surface area contributed by atoms with Gasteiger partial charge in [-0.3, -0.25) is 14.5 Å². The quantitative estimate of drug-likeness (QED) is 0.195. The first-order valence-electron chi connectivity index (χ1n) is 13.7. The molecule has 2 aliphatic heterocycles. The van der Waals surface area contributed by atoms with Crippen molar-refractivity contribution in [3.05, 3.63) is 71.3 Å². The Labute approximate surface area is 250 Å². The van der Waals surface area contributed by atoms with E-state index in [1.54, 1.807) is 30.2 Å². The third kappa shape index (κ3) is 7.64. The molecule has 8 nitrogen and oxygen atoms in total. The van der Waals surface area contributed by atoms with Crippen LogP contribution in [-0.4, -0.2) is 85.6 Å². The van der Waals surface area contributed by atoms with Crippen molar-refractivity contribution in [2.75, 3.05) is 63.0 Å². The van der Waals surface area contributed by atoms with Gasteiger partial charge in [0.15, 0.2) is 0 Å². The molecule has 1 saturated heterocycles. The number of piperidine rings is 1. The lowest BCUT2D eigenvalue weighted by atomic mass is 9.82. The van der Waals surface area contributed by atoms with Crippen LogP contribution in [0.25, 0.3) is 0 Å². The van der Waals surface area contributed by atoms with Crippen molar-refractivity contribution in [2.24, 2.45) is 11.0 Å². The highest BCUT2D eigenvalue weighted by molar-refractivity contribution is 8.32. The van der Waals surface area contributed by atoms with Gasteiger partial charge in [0.2, 0.25) is 5.91 Å². The maximum atomic E-state index is 14.6. The Morgan fingerprint density at radius 2 is 2.02 bits per heavy atom. The Kier molecular flexibility index (Phi) is 10.0. The van der Waals surface area contributed by atoms with Crippen molar-refractivity contribution < 1.29 is 19.1 Å². The zero-order valence-corrected chi connectivity index (χ0v) is 26.2. The first-order valence-corrected chi connectivity index (χ1v) is 17.1. The van der Waals surface area contributed by atoms with Crippen LogP contribution in [0.2, 0.25) is 5.02 Å². The number of anilines is 1. The molecule has 1 fully saturated rings. The molecular formula is C31H41ClN4O4S. The average Bonchev–Trinajstić information content (AvgIpc) is 2.91. The number of carbonyl (C=O) groups excluding carboxylic acids is 2. The molecule has 10 heteroatoms. The third-order valence-corrected chi connectivity index (χ3v) is 8.89. The first-order chi connectivity index (χ1) is 19.5. The van der Waals surface area contributed by atoms with E-state index in [0.29, 0.717) is 42.5 Å². The summed E-state index contributed by atoms with van der Waals surface area (Å²) in [7, 11) is 0.924. The summed E-state index contributed by atoms with van der Waals surface area (Å²) >= 11 is 6.37. The van der Waals surface area contributed by atoms with Crippen LogP contribution >= 0.6 is 21.6 Å². The van der Waals surface area contributed by atoms with E-state index in [0.717, 1.165) is 22.7 Å². The Hall–Kier alpha value is -3.01. The predicted octanol–water partition coefficient (Wildman–Crippen LogP) is 5.45. The molecule has 2 heterocycles. The second-order valence-electron chi connectivity index (χ2n) is 11.4. The first kappa shape index (κ1) is 30.9. The number of hydrogen-bond donors (Lipinski definition) is 0. The highest BCUT2D eigenvalue weighted by atomic mass is 35.5. The van der Waals surface area contributed by atoms with Crippen molar-refractivity contribution in [1.29, 1.82) is 0 Å².